The Morgan fingerprint density at radius 3 is 1.27 bits per heavy atom. The summed E-state index contributed by atoms with van der Waals surface area (Å²) < 4.78 is 0. The van der Waals surface area contributed by atoms with Crippen molar-refractivity contribution >= 4 is 17.1 Å². The van der Waals surface area contributed by atoms with Crippen LogP contribution in [0.15, 0.2) is 164 Å². The number of rotatable bonds is 5. The molecular formula is C48H39N. The van der Waals surface area contributed by atoms with Crippen LogP contribution in [0.1, 0.15) is 49.9 Å². The standard InChI is InChI=1S/C48H39N/c1-47(2)43-23-12-10-21-39(43)41-27-25-35(30-45(41)47)49(36-26-28-42-40-22-11-13-24-44(40)48(3,4)46(42)31-36)34-18-14-17-33(29-34)38-20-9-8-19-37(38)32-15-6-5-7-16-32/h5-31H,1-4H3. The second-order valence-electron chi connectivity index (χ2n) is 14.6. The summed E-state index contributed by atoms with van der Waals surface area (Å²) in [4.78, 5) is 2.47. The number of anilines is 3. The highest BCUT2D eigenvalue weighted by Gasteiger charge is 2.37. The molecule has 2 aliphatic carbocycles. The molecule has 7 aromatic carbocycles. The van der Waals surface area contributed by atoms with Gasteiger partial charge in [0.1, 0.15) is 0 Å². The lowest BCUT2D eigenvalue weighted by molar-refractivity contribution is 0.660. The predicted octanol–water partition coefficient (Wildman–Crippen LogP) is 13.1. The normalized spacial score (nSPS) is 14.4. The molecule has 0 saturated heterocycles. The maximum absolute atomic E-state index is 2.47. The van der Waals surface area contributed by atoms with Gasteiger partial charge in [0, 0.05) is 27.9 Å². The summed E-state index contributed by atoms with van der Waals surface area (Å²) in [6.45, 7) is 9.45. The first-order valence-electron chi connectivity index (χ1n) is 17.4. The van der Waals surface area contributed by atoms with Crippen LogP contribution in [-0.2, 0) is 10.8 Å². The summed E-state index contributed by atoms with van der Waals surface area (Å²) >= 11 is 0. The molecule has 9 rings (SSSR count). The first-order chi connectivity index (χ1) is 23.8. The van der Waals surface area contributed by atoms with Gasteiger partial charge in [0.05, 0.1) is 0 Å². The van der Waals surface area contributed by atoms with Gasteiger partial charge in [-0.3, -0.25) is 0 Å². The van der Waals surface area contributed by atoms with E-state index < -0.39 is 0 Å². The molecular weight excluding hydrogens is 591 g/mol. The molecule has 0 fully saturated rings. The van der Waals surface area contributed by atoms with Gasteiger partial charge in [-0.05, 0) is 103 Å². The van der Waals surface area contributed by atoms with E-state index in [-0.39, 0.29) is 10.8 Å². The average molecular weight is 630 g/mol. The minimum absolute atomic E-state index is 0.0916. The number of nitrogens with zero attached hydrogens (tertiary/aromatic N) is 1. The summed E-state index contributed by atoms with van der Waals surface area (Å²) in [7, 11) is 0. The highest BCUT2D eigenvalue weighted by atomic mass is 15.1. The van der Waals surface area contributed by atoms with Gasteiger partial charge in [0.15, 0.2) is 0 Å². The third-order valence-electron chi connectivity index (χ3n) is 11.1. The smallest absolute Gasteiger partial charge is 0.0467 e. The van der Waals surface area contributed by atoms with Crippen LogP contribution in [-0.4, -0.2) is 0 Å². The molecule has 49 heavy (non-hydrogen) atoms. The molecule has 0 N–H and O–H groups in total. The lowest BCUT2D eigenvalue weighted by Crippen LogP contribution is -2.18. The second kappa shape index (κ2) is 10.9. The Bertz CT molecular complexity index is 2290. The van der Waals surface area contributed by atoms with Gasteiger partial charge >= 0.3 is 0 Å². The van der Waals surface area contributed by atoms with Crippen molar-refractivity contribution in [2.24, 2.45) is 0 Å². The molecule has 0 saturated carbocycles. The topological polar surface area (TPSA) is 3.24 Å². The maximum atomic E-state index is 2.47. The van der Waals surface area contributed by atoms with E-state index in [1.807, 2.05) is 0 Å². The second-order valence-corrected chi connectivity index (χ2v) is 14.6. The minimum Gasteiger partial charge on any atom is -0.310 e. The van der Waals surface area contributed by atoms with Crippen molar-refractivity contribution in [2.75, 3.05) is 4.90 Å². The molecule has 236 valence electrons. The first kappa shape index (κ1) is 29.5. The van der Waals surface area contributed by atoms with Crippen LogP contribution < -0.4 is 4.90 Å². The Labute approximate surface area is 290 Å². The van der Waals surface area contributed by atoms with Crippen molar-refractivity contribution in [1.82, 2.24) is 0 Å². The largest absolute Gasteiger partial charge is 0.310 e. The number of hydrogen-bond donors (Lipinski definition) is 0. The zero-order chi connectivity index (χ0) is 33.3. The Morgan fingerprint density at radius 1 is 0.306 bits per heavy atom. The number of benzene rings is 7. The Balaban J connectivity index is 1.24. The monoisotopic (exact) mass is 629 g/mol. The van der Waals surface area contributed by atoms with Gasteiger partial charge in [0.2, 0.25) is 0 Å². The SMILES string of the molecule is CC1(C)c2ccccc2-c2ccc(N(c3cccc(-c4ccccc4-c4ccccc4)c3)c3ccc4c(c3)C(C)(C)c3ccccc3-4)cc21. The zero-order valence-electron chi connectivity index (χ0n) is 28.5. The van der Waals surface area contributed by atoms with E-state index in [9.17, 15) is 0 Å². The third kappa shape index (κ3) is 4.53. The van der Waals surface area contributed by atoms with Crippen LogP contribution >= 0.6 is 0 Å². The van der Waals surface area contributed by atoms with E-state index in [4.69, 9.17) is 0 Å². The van der Waals surface area contributed by atoms with Gasteiger partial charge in [0.25, 0.3) is 0 Å². The summed E-state index contributed by atoms with van der Waals surface area (Å²) in [5, 5.41) is 0. The fourth-order valence-corrected chi connectivity index (χ4v) is 8.53. The van der Waals surface area contributed by atoms with Crippen LogP contribution in [0.4, 0.5) is 17.1 Å². The van der Waals surface area contributed by atoms with Crippen LogP contribution in [0.3, 0.4) is 0 Å². The minimum atomic E-state index is -0.0916. The summed E-state index contributed by atoms with van der Waals surface area (Å²) in [5.74, 6) is 0. The maximum Gasteiger partial charge on any atom is 0.0467 e. The molecule has 1 nitrogen and oxygen atoms in total. The third-order valence-corrected chi connectivity index (χ3v) is 11.1. The Hall–Kier alpha value is -5.66. The molecule has 0 amide bonds. The van der Waals surface area contributed by atoms with Crippen LogP contribution in [0.25, 0.3) is 44.5 Å². The van der Waals surface area contributed by atoms with Gasteiger partial charge in [-0.1, -0.05) is 155 Å². The van der Waals surface area contributed by atoms with E-state index in [1.165, 1.54) is 78.1 Å². The van der Waals surface area contributed by atoms with Gasteiger partial charge in [-0.25, -0.2) is 0 Å². The zero-order valence-corrected chi connectivity index (χ0v) is 28.5. The van der Waals surface area contributed by atoms with Crippen molar-refractivity contribution in [3.8, 4) is 44.5 Å². The summed E-state index contributed by atoms with van der Waals surface area (Å²) in [6, 6.07) is 60.5. The van der Waals surface area contributed by atoms with E-state index in [0.717, 1.165) is 5.69 Å². The Morgan fingerprint density at radius 2 is 0.714 bits per heavy atom. The number of hydrogen-bond acceptors (Lipinski definition) is 1. The molecule has 0 bridgehead atoms. The van der Waals surface area contributed by atoms with E-state index in [1.54, 1.807) is 0 Å². The molecule has 1 heteroatoms. The lowest BCUT2D eigenvalue weighted by atomic mass is 9.82. The molecule has 0 aliphatic heterocycles. The van der Waals surface area contributed by atoms with Crippen LogP contribution in [0, 0.1) is 0 Å². The fourth-order valence-electron chi connectivity index (χ4n) is 8.53. The van der Waals surface area contributed by atoms with E-state index in [2.05, 4.69) is 196 Å². The number of fused-ring (bicyclic) bond motifs is 6. The first-order valence-corrected chi connectivity index (χ1v) is 17.4. The molecule has 2 aliphatic rings. The molecule has 7 aromatic rings. The van der Waals surface area contributed by atoms with Crippen molar-refractivity contribution < 1.29 is 0 Å². The van der Waals surface area contributed by atoms with Crippen molar-refractivity contribution in [3.05, 3.63) is 186 Å². The average Bonchev–Trinajstić information content (AvgIpc) is 3.51. The fraction of sp³-hybridized carbons (Fsp3) is 0.125. The summed E-state index contributed by atoms with van der Waals surface area (Å²) in [6.07, 6.45) is 0. The van der Waals surface area contributed by atoms with E-state index in [0.29, 0.717) is 0 Å². The Kier molecular flexibility index (Phi) is 6.58. The highest BCUT2D eigenvalue weighted by Crippen LogP contribution is 2.53. The molecule has 0 heterocycles. The van der Waals surface area contributed by atoms with Gasteiger partial charge < -0.3 is 4.90 Å². The van der Waals surface area contributed by atoms with E-state index >= 15 is 0 Å². The van der Waals surface area contributed by atoms with Crippen molar-refractivity contribution in [3.63, 3.8) is 0 Å². The van der Waals surface area contributed by atoms with Gasteiger partial charge in [-0.15, -0.1) is 0 Å². The van der Waals surface area contributed by atoms with Crippen molar-refractivity contribution in [1.29, 1.82) is 0 Å². The van der Waals surface area contributed by atoms with Crippen LogP contribution in [0.5, 0.6) is 0 Å². The van der Waals surface area contributed by atoms with Gasteiger partial charge in [-0.2, -0.15) is 0 Å². The van der Waals surface area contributed by atoms with Crippen molar-refractivity contribution in [2.45, 2.75) is 38.5 Å². The highest BCUT2D eigenvalue weighted by molar-refractivity contribution is 5.90. The molecule has 0 unspecified atom stereocenters. The molecule has 0 radical (unpaired) electrons. The lowest BCUT2D eigenvalue weighted by Gasteiger charge is -2.30. The quantitative estimate of drug-likeness (QED) is 0.183. The van der Waals surface area contributed by atoms with Crippen LogP contribution in [0.2, 0.25) is 0 Å². The summed E-state index contributed by atoms with van der Waals surface area (Å²) in [5.41, 5.74) is 19.1. The predicted molar refractivity (Wildman–Crippen MR) is 207 cm³/mol. The molecule has 0 spiro atoms. The molecule has 0 aromatic heterocycles. The molecule has 0 atom stereocenters.